The molecular weight excluding hydrogens is 260 g/mol. The van der Waals surface area contributed by atoms with Gasteiger partial charge in [-0.25, -0.2) is 0 Å². The maximum Gasteiger partial charge on any atom is 0.191 e. The molecule has 0 unspecified atom stereocenters. The van der Waals surface area contributed by atoms with Crippen LogP contribution in [-0.2, 0) is 0 Å². The Hall–Kier alpha value is -2.76. The maximum absolute atomic E-state index is 11.3. The normalized spacial score (nSPS) is 10.7. The lowest BCUT2D eigenvalue weighted by atomic mass is 10.2. The van der Waals surface area contributed by atoms with E-state index in [-0.39, 0.29) is 0 Å². The Kier molecular flexibility index (Phi) is 4.05. The van der Waals surface area contributed by atoms with Crippen LogP contribution >= 0.6 is 0 Å². The van der Waals surface area contributed by atoms with Crippen LogP contribution in [0.5, 0.6) is 11.5 Å². The van der Waals surface area contributed by atoms with Crippen molar-refractivity contribution in [3.8, 4) is 11.5 Å². The smallest absolute Gasteiger partial charge is 0.191 e. The minimum absolute atomic E-state index is 0.568. The molecule has 0 aliphatic rings. The molecule has 0 saturated carbocycles. The molecule has 6 heteroatoms. The van der Waals surface area contributed by atoms with E-state index in [0.717, 1.165) is 0 Å². The molecule has 0 fully saturated rings. The predicted octanol–water partition coefficient (Wildman–Crippen LogP) is 1.14. The van der Waals surface area contributed by atoms with E-state index < -0.39 is 0 Å². The molecule has 2 aromatic rings. The zero-order valence-corrected chi connectivity index (χ0v) is 11.1. The van der Waals surface area contributed by atoms with Gasteiger partial charge in [0.2, 0.25) is 0 Å². The van der Waals surface area contributed by atoms with Gasteiger partial charge in [-0.2, -0.15) is 9.46 Å². The Morgan fingerprint density at radius 3 is 1.60 bits per heavy atom. The van der Waals surface area contributed by atoms with Crippen molar-refractivity contribution in [2.75, 3.05) is 14.2 Å². The van der Waals surface area contributed by atoms with Crippen LogP contribution in [0.4, 0.5) is 0 Å². The van der Waals surface area contributed by atoms with E-state index in [0.29, 0.717) is 32.1 Å². The first kappa shape index (κ1) is 13.7. The monoisotopic (exact) mass is 274 g/mol. The molecule has 0 N–H and O–H groups in total. The van der Waals surface area contributed by atoms with Gasteiger partial charge < -0.3 is 19.9 Å². The van der Waals surface area contributed by atoms with Crippen LogP contribution in [0.2, 0.25) is 0 Å². The third-order valence-corrected chi connectivity index (χ3v) is 2.73. The van der Waals surface area contributed by atoms with Gasteiger partial charge in [0, 0.05) is 12.1 Å². The van der Waals surface area contributed by atoms with Crippen LogP contribution in [0.1, 0.15) is 11.1 Å². The number of ether oxygens (including phenoxy) is 2. The molecule has 20 heavy (non-hydrogen) atoms. The number of pyridine rings is 2. The average Bonchev–Trinajstić information content (AvgIpc) is 2.45. The Labute approximate surface area is 116 Å². The zero-order valence-electron chi connectivity index (χ0n) is 11.1. The van der Waals surface area contributed by atoms with Crippen LogP contribution in [-0.4, -0.2) is 14.2 Å². The molecule has 0 aromatic carbocycles. The number of hydrogen-bond acceptors (Lipinski definition) is 4. The van der Waals surface area contributed by atoms with E-state index in [1.165, 1.54) is 39.0 Å². The van der Waals surface area contributed by atoms with Gasteiger partial charge in [0.1, 0.15) is 11.5 Å². The highest BCUT2D eigenvalue weighted by Crippen LogP contribution is 2.21. The molecule has 104 valence electrons. The third kappa shape index (κ3) is 2.97. The predicted molar refractivity (Wildman–Crippen MR) is 72.8 cm³/mol. The second-order valence-electron chi connectivity index (χ2n) is 3.99. The van der Waals surface area contributed by atoms with Gasteiger partial charge in [-0.1, -0.05) is 0 Å². The highest BCUT2D eigenvalue weighted by molar-refractivity contribution is 5.73. The van der Waals surface area contributed by atoms with Crippen molar-refractivity contribution in [1.29, 1.82) is 0 Å². The summed E-state index contributed by atoms with van der Waals surface area (Å²) in [5, 5.41) is 22.6. The summed E-state index contributed by atoms with van der Waals surface area (Å²) in [5.74, 6) is 1.14. The molecule has 0 atom stereocenters. The lowest BCUT2D eigenvalue weighted by molar-refractivity contribution is -0.605. The molecule has 0 aliphatic carbocycles. The number of hydrogen-bond donors (Lipinski definition) is 0. The molecule has 2 heterocycles. The molecule has 0 radical (unpaired) electrons. The fraction of sp³-hybridized carbons (Fsp3) is 0.143. The van der Waals surface area contributed by atoms with Crippen LogP contribution in [0, 0.1) is 10.4 Å². The summed E-state index contributed by atoms with van der Waals surface area (Å²) in [5.41, 5.74) is 1.21. The lowest BCUT2D eigenvalue weighted by Crippen LogP contribution is -2.25. The molecule has 2 aromatic heterocycles. The highest BCUT2D eigenvalue weighted by Gasteiger charge is 2.07. The second kappa shape index (κ2) is 5.92. The van der Waals surface area contributed by atoms with Crippen LogP contribution < -0.4 is 18.9 Å². The molecule has 2 rings (SSSR count). The Morgan fingerprint density at radius 1 is 0.850 bits per heavy atom. The summed E-state index contributed by atoms with van der Waals surface area (Å²) in [4.78, 5) is 0. The minimum atomic E-state index is 0.568. The van der Waals surface area contributed by atoms with E-state index in [9.17, 15) is 10.4 Å². The third-order valence-electron chi connectivity index (χ3n) is 2.73. The summed E-state index contributed by atoms with van der Waals surface area (Å²) in [6.07, 6.45) is 8.85. The van der Waals surface area contributed by atoms with Crippen molar-refractivity contribution >= 4 is 12.2 Å². The van der Waals surface area contributed by atoms with Crippen molar-refractivity contribution in [1.82, 2.24) is 0 Å². The van der Waals surface area contributed by atoms with Crippen molar-refractivity contribution in [2.45, 2.75) is 0 Å². The Morgan fingerprint density at radius 2 is 1.25 bits per heavy atom. The summed E-state index contributed by atoms with van der Waals surface area (Å²) in [7, 11) is 3.05. The van der Waals surface area contributed by atoms with E-state index in [2.05, 4.69) is 0 Å². The number of rotatable bonds is 4. The molecule has 0 saturated heterocycles. The summed E-state index contributed by atoms with van der Waals surface area (Å²) < 4.78 is 11.7. The van der Waals surface area contributed by atoms with Gasteiger partial charge in [0.15, 0.2) is 24.8 Å². The van der Waals surface area contributed by atoms with Crippen molar-refractivity contribution in [3.63, 3.8) is 0 Å². The molecule has 0 aliphatic heterocycles. The van der Waals surface area contributed by atoms with E-state index >= 15 is 0 Å². The largest absolute Gasteiger partial charge is 0.619 e. The van der Waals surface area contributed by atoms with Gasteiger partial charge in [-0.15, -0.1) is 0 Å². The van der Waals surface area contributed by atoms with Crippen molar-refractivity contribution in [3.05, 3.63) is 58.5 Å². The standard InChI is InChI=1S/C14H14N2O4/c1-19-13-5-7-15(17)9-11(13)3-4-12-10-16(18)8-6-14(12)20-2/h3-10H,1-2H3/b4-3+. The van der Waals surface area contributed by atoms with Crippen LogP contribution in [0.15, 0.2) is 36.9 Å². The first-order chi connectivity index (χ1) is 9.63. The van der Waals surface area contributed by atoms with Gasteiger partial charge in [0.25, 0.3) is 0 Å². The Balaban J connectivity index is 2.38. The fourth-order valence-corrected chi connectivity index (χ4v) is 1.76. The van der Waals surface area contributed by atoms with E-state index in [4.69, 9.17) is 9.47 Å². The van der Waals surface area contributed by atoms with Gasteiger partial charge in [-0.3, -0.25) is 0 Å². The van der Waals surface area contributed by atoms with Gasteiger partial charge in [0.05, 0.1) is 25.3 Å². The minimum Gasteiger partial charge on any atom is -0.619 e. The summed E-state index contributed by atoms with van der Waals surface area (Å²) in [6, 6.07) is 3.14. The first-order valence-electron chi connectivity index (χ1n) is 5.85. The highest BCUT2D eigenvalue weighted by atomic mass is 16.5. The lowest BCUT2D eigenvalue weighted by Gasteiger charge is -2.05. The molecule has 6 nitrogen and oxygen atoms in total. The molecular formula is C14H14N2O4. The van der Waals surface area contributed by atoms with Crippen LogP contribution in [0.25, 0.3) is 12.2 Å². The Bertz CT molecular complexity index is 586. The number of methoxy groups -OCH3 is 2. The van der Waals surface area contributed by atoms with Crippen molar-refractivity contribution < 1.29 is 18.9 Å². The quantitative estimate of drug-likeness (QED) is 0.619. The van der Waals surface area contributed by atoms with Crippen LogP contribution in [0.3, 0.4) is 0 Å². The summed E-state index contributed by atoms with van der Waals surface area (Å²) >= 11 is 0. The average molecular weight is 274 g/mol. The maximum atomic E-state index is 11.3. The zero-order chi connectivity index (χ0) is 14.5. The first-order valence-corrected chi connectivity index (χ1v) is 5.85. The fourth-order valence-electron chi connectivity index (χ4n) is 1.76. The van der Waals surface area contributed by atoms with Gasteiger partial charge in [-0.05, 0) is 12.2 Å². The second-order valence-corrected chi connectivity index (χ2v) is 3.99. The molecule has 0 bridgehead atoms. The van der Waals surface area contributed by atoms with Crippen molar-refractivity contribution in [2.24, 2.45) is 0 Å². The topological polar surface area (TPSA) is 72.3 Å². The number of nitrogens with zero attached hydrogens (tertiary/aromatic N) is 2. The SMILES string of the molecule is COc1cc[n+]([O-])cc1/C=C/c1c[n+]([O-])ccc1OC. The molecule has 0 spiro atoms. The molecule has 0 amide bonds. The van der Waals surface area contributed by atoms with E-state index in [1.807, 2.05) is 0 Å². The van der Waals surface area contributed by atoms with E-state index in [1.54, 1.807) is 24.3 Å². The number of aromatic nitrogens is 2. The van der Waals surface area contributed by atoms with Gasteiger partial charge >= 0.3 is 0 Å². The summed E-state index contributed by atoms with van der Waals surface area (Å²) in [6.45, 7) is 0.